The van der Waals surface area contributed by atoms with E-state index in [0.29, 0.717) is 17.7 Å². The number of carbonyl (C=O) groups excluding carboxylic acids is 1. The number of hydrogen-bond donors (Lipinski definition) is 3. The highest BCUT2D eigenvalue weighted by molar-refractivity contribution is 6.00. The summed E-state index contributed by atoms with van der Waals surface area (Å²) in [5.74, 6) is -0.323. The Hall–Kier alpha value is -2.11. The van der Waals surface area contributed by atoms with E-state index in [1.165, 1.54) is 0 Å². The number of aryl methyl sites for hydroxylation is 1. The molecule has 0 fully saturated rings. The fourth-order valence-electron chi connectivity index (χ4n) is 1.49. The van der Waals surface area contributed by atoms with E-state index in [1.807, 2.05) is 6.92 Å². The quantitative estimate of drug-likeness (QED) is 0.321. The molecule has 0 aliphatic carbocycles. The Kier molecular flexibility index (Phi) is 4.25. The Morgan fingerprint density at radius 2 is 2.33 bits per heavy atom. The maximum Gasteiger partial charge on any atom is 0.253 e. The second kappa shape index (κ2) is 5.48. The van der Waals surface area contributed by atoms with E-state index in [1.54, 1.807) is 32.2 Å². The summed E-state index contributed by atoms with van der Waals surface area (Å²) in [4.78, 5) is 16.2. The van der Waals surface area contributed by atoms with Crippen LogP contribution in [0.5, 0.6) is 0 Å². The molecule has 1 rings (SSSR count). The third kappa shape index (κ3) is 2.77. The van der Waals surface area contributed by atoms with Crippen LogP contribution in [0.25, 0.3) is 0 Å². The van der Waals surface area contributed by atoms with Crippen molar-refractivity contribution in [2.24, 2.45) is 10.9 Å². The Balaban J connectivity index is 2.97. The van der Waals surface area contributed by atoms with Crippen molar-refractivity contribution in [1.29, 1.82) is 0 Å². The molecule has 1 unspecified atom stereocenters. The van der Waals surface area contributed by atoms with Crippen molar-refractivity contribution in [3.63, 3.8) is 0 Å². The van der Waals surface area contributed by atoms with Crippen molar-refractivity contribution < 1.29 is 10.0 Å². The third-order valence-electron chi connectivity index (χ3n) is 3.02. The van der Waals surface area contributed by atoms with Gasteiger partial charge in [0.25, 0.3) is 5.91 Å². The van der Waals surface area contributed by atoms with Crippen molar-refractivity contribution >= 4 is 11.7 Å². The predicted octanol–water partition coefficient (Wildman–Crippen LogP) is 1.03. The normalized spacial score (nSPS) is 14.9. The molecule has 1 atom stereocenters. The van der Waals surface area contributed by atoms with E-state index in [0.717, 1.165) is 0 Å². The Morgan fingerprint density at radius 1 is 1.67 bits per heavy atom. The number of nitrogens with two attached hydrogens (primary N) is 1. The van der Waals surface area contributed by atoms with E-state index in [2.05, 4.69) is 15.5 Å². The van der Waals surface area contributed by atoms with Crippen molar-refractivity contribution in [2.45, 2.75) is 32.7 Å². The molecule has 0 spiro atoms. The molecule has 0 aliphatic heterocycles. The first-order valence-corrected chi connectivity index (χ1v) is 5.66. The molecule has 1 amide bonds. The zero-order valence-electron chi connectivity index (χ0n) is 10.8. The summed E-state index contributed by atoms with van der Waals surface area (Å²) in [6.45, 7) is 5.29. The molecule has 0 aromatic carbocycles. The van der Waals surface area contributed by atoms with Gasteiger partial charge in [0.05, 0.1) is 11.1 Å². The highest BCUT2D eigenvalue weighted by Crippen LogP contribution is 2.12. The number of pyridine rings is 1. The molecule has 1 aromatic rings. The first-order valence-electron chi connectivity index (χ1n) is 5.66. The molecule has 4 N–H and O–H groups in total. The predicted molar refractivity (Wildman–Crippen MR) is 68.5 cm³/mol. The van der Waals surface area contributed by atoms with Crippen LogP contribution in [0, 0.1) is 6.92 Å². The number of oxime groups is 1. The summed E-state index contributed by atoms with van der Waals surface area (Å²) in [6, 6.07) is 3.37. The van der Waals surface area contributed by atoms with E-state index in [-0.39, 0.29) is 11.7 Å². The summed E-state index contributed by atoms with van der Waals surface area (Å²) in [5, 5.41) is 14.5. The number of aromatic nitrogens is 1. The topological polar surface area (TPSA) is 101 Å². The lowest BCUT2D eigenvalue weighted by atomic mass is 9.96. The molecule has 6 heteroatoms. The van der Waals surface area contributed by atoms with Gasteiger partial charge in [0, 0.05) is 11.9 Å². The first-order chi connectivity index (χ1) is 8.44. The van der Waals surface area contributed by atoms with E-state index >= 15 is 0 Å². The van der Waals surface area contributed by atoms with Crippen molar-refractivity contribution in [3.8, 4) is 0 Å². The minimum Gasteiger partial charge on any atom is -0.409 e. The van der Waals surface area contributed by atoms with Crippen molar-refractivity contribution in [3.05, 3.63) is 29.6 Å². The average molecular weight is 250 g/mol. The van der Waals surface area contributed by atoms with Gasteiger partial charge in [0.2, 0.25) is 0 Å². The SMILES string of the molecule is CCC(C)(NC(=O)c1cccnc1C)C(N)=NO. The van der Waals surface area contributed by atoms with Crippen LogP contribution in [-0.4, -0.2) is 27.5 Å². The van der Waals surface area contributed by atoms with E-state index in [4.69, 9.17) is 10.9 Å². The van der Waals surface area contributed by atoms with E-state index in [9.17, 15) is 4.79 Å². The van der Waals surface area contributed by atoms with Gasteiger partial charge in [-0.1, -0.05) is 12.1 Å². The molecular weight excluding hydrogens is 232 g/mol. The molecule has 0 bridgehead atoms. The summed E-state index contributed by atoms with van der Waals surface area (Å²) in [5.41, 5.74) is 5.82. The summed E-state index contributed by atoms with van der Waals surface area (Å²) < 4.78 is 0. The van der Waals surface area contributed by atoms with E-state index < -0.39 is 5.54 Å². The second-order valence-corrected chi connectivity index (χ2v) is 4.26. The van der Waals surface area contributed by atoms with Gasteiger partial charge in [-0.2, -0.15) is 0 Å². The standard InChI is InChI=1S/C12H18N4O2/c1-4-12(3,11(13)16-18)15-10(17)9-6-5-7-14-8(9)2/h5-7,18H,4H2,1-3H3,(H2,13,16)(H,15,17). The van der Waals surface area contributed by atoms with Crippen LogP contribution in [0.4, 0.5) is 0 Å². The largest absolute Gasteiger partial charge is 0.409 e. The number of rotatable bonds is 4. The van der Waals surface area contributed by atoms with Gasteiger partial charge in [0.1, 0.15) is 0 Å². The van der Waals surface area contributed by atoms with Crippen LogP contribution in [0.2, 0.25) is 0 Å². The van der Waals surface area contributed by atoms with Gasteiger partial charge in [0.15, 0.2) is 5.84 Å². The minimum absolute atomic E-state index is 0.0279. The minimum atomic E-state index is -0.881. The lowest BCUT2D eigenvalue weighted by Crippen LogP contribution is -2.55. The first kappa shape index (κ1) is 14.0. The fraction of sp³-hybridized carbons (Fsp3) is 0.417. The lowest BCUT2D eigenvalue weighted by Gasteiger charge is -2.28. The van der Waals surface area contributed by atoms with Crippen LogP contribution >= 0.6 is 0 Å². The monoisotopic (exact) mass is 250 g/mol. The van der Waals surface area contributed by atoms with Crippen LogP contribution in [-0.2, 0) is 0 Å². The van der Waals surface area contributed by atoms with Crippen LogP contribution in [0.1, 0.15) is 36.3 Å². The molecule has 0 saturated heterocycles. The summed E-state index contributed by atoms with van der Waals surface area (Å²) in [7, 11) is 0. The lowest BCUT2D eigenvalue weighted by molar-refractivity contribution is 0.0924. The van der Waals surface area contributed by atoms with Gasteiger partial charge in [-0.05, 0) is 32.4 Å². The molecule has 98 valence electrons. The molecule has 6 nitrogen and oxygen atoms in total. The maximum absolute atomic E-state index is 12.1. The Morgan fingerprint density at radius 3 is 2.83 bits per heavy atom. The number of nitrogens with zero attached hydrogens (tertiary/aromatic N) is 2. The highest BCUT2D eigenvalue weighted by Gasteiger charge is 2.30. The molecule has 18 heavy (non-hydrogen) atoms. The van der Waals surface area contributed by atoms with Crippen LogP contribution in [0.3, 0.4) is 0 Å². The highest BCUT2D eigenvalue weighted by atomic mass is 16.4. The maximum atomic E-state index is 12.1. The molecule has 1 heterocycles. The molecule has 0 aliphatic rings. The number of carbonyl (C=O) groups is 1. The number of nitrogens with one attached hydrogen (secondary N) is 1. The molecular formula is C12H18N4O2. The Labute approximate surface area is 106 Å². The molecule has 1 aromatic heterocycles. The van der Waals surface area contributed by atoms with Crippen LogP contribution < -0.4 is 11.1 Å². The van der Waals surface area contributed by atoms with Crippen molar-refractivity contribution in [1.82, 2.24) is 10.3 Å². The number of amides is 1. The molecule has 0 radical (unpaired) electrons. The zero-order chi connectivity index (χ0) is 13.8. The van der Waals surface area contributed by atoms with Gasteiger partial charge in [-0.3, -0.25) is 9.78 Å². The number of amidine groups is 1. The second-order valence-electron chi connectivity index (χ2n) is 4.26. The number of hydrogen-bond acceptors (Lipinski definition) is 4. The summed E-state index contributed by atoms with van der Waals surface area (Å²) >= 11 is 0. The average Bonchev–Trinajstić information content (AvgIpc) is 2.37. The fourth-order valence-corrected chi connectivity index (χ4v) is 1.49. The van der Waals surface area contributed by atoms with Crippen molar-refractivity contribution in [2.75, 3.05) is 0 Å². The smallest absolute Gasteiger partial charge is 0.253 e. The van der Waals surface area contributed by atoms with Crippen LogP contribution in [0.15, 0.2) is 23.5 Å². The zero-order valence-corrected chi connectivity index (χ0v) is 10.8. The molecule has 0 saturated carbocycles. The summed E-state index contributed by atoms with van der Waals surface area (Å²) in [6.07, 6.45) is 2.13. The third-order valence-corrected chi connectivity index (χ3v) is 3.02. The van der Waals surface area contributed by atoms with Gasteiger partial charge < -0.3 is 16.3 Å². The van der Waals surface area contributed by atoms with Gasteiger partial charge in [-0.25, -0.2) is 0 Å². The van der Waals surface area contributed by atoms with Gasteiger partial charge in [-0.15, -0.1) is 0 Å². The Bertz CT molecular complexity index is 473. The van der Waals surface area contributed by atoms with Gasteiger partial charge >= 0.3 is 0 Å².